The van der Waals surface area contributed by atoms with Crippen LogP contribution >= 0.6 is 0 Å². The van der Waals surface area contributed by atoms with E-state index in [-0.39, 0.29) is 23.2 Å². The van der Waals surface area contributed by atoms with E-state index in [2.05, 4.69) is 12.2 Å². The smallest absolute Gasteiger partial charge is 0.244 e. The molecular formula is C13H24N2O2. The lowest BCUT2D eigenvalue weighted by molar-refractivity contribution is -0.136. The van der Waals surface area contributed by atoms with Crippen LogP contribution in [0.2, 0.25) is 0 Å². The Kier molecular flexibility index (Phi) is 3.21. The van der Waals surface area contributed by atoms with Crippen molar-refractivity contribution >= 4 is 5.91 Å². The predicted molar refractivity (Wildman–Crippen MR) is 66.6 cm³/mol. The maximum Gasteiger partial charge on any atom is 0.244 e. The molecule has 1 aliphatic heterocycles. The molecule has 1 N–H and O–H groups in total. The summed E-state index contributed by atoms with van der Waals surface area (Å²) < 4.78 is 5.43. The van der Waals surface area contributed by atoms with Crippen LogP contribution in [0.15, 0.2) is 0 Å². The first-order valence-corrected chi connectivity index (χ1v) is 6.54. The van der Waals surface area contributed by atoms with E-state index in [0.29, 0.717) is 6.54 Å². The summed E-state index contributed by atoms with van der Waals surface area (Å²) in [6.07, 6.45) is 4.41. The van der Waals surface area contributed by atoms with Crippen molar-refractivity contribution in [2.24, 2.45) is 0 Å². The number of nitrogens with zero attached hydrogens (tertiary/aromatic N) is 1. The Bertz CT molecular complexity index is 309. The number of carbonyl (C=O) groups is 1. The van der Waals surface area contributed by atoms with E-state index in [1.165, 1.54) is 0 Å². The fraction of sp³-hybridized carbons (Fsp3) is 0.923. The monoisotopic (exact) mass is 240 g/mol. The molecule has 0 aromatic carbocycles. The third kappa shape index (κ3) is 2.20. The normalized spacial score (nSPS) is 28.4. The van der Waals surface area contributed by atoms with Gasteiger partial charge in [-0.2, -0.15) is 0 Å². The Morgan fingerprint density at radius 1 is 1.47 bits per heavy atom. The van der Waals surface area contributed by atoms with Crippen molar-refractivity contribution in [2.75, 3.05) is 13.7 Å². The molecule has 1 heterocycles. The molecule has 17 heavy (non-hydrogen) atoms. The van der Waals surface area contributed by atoms with Crippen LogP contribution in [0.25, 0.3) is 0 Å². The maximum atomic E-state index is 12.5. The van der Waals surface area contributed by atoms with Crippen LogP contribution < -0.4 is 5.32 Å². The zero-order chi connectivity index (χ0) is 12.7. The minimum absolute atomic E-state index is 0.120. The molecule has 1 atom stereocenters. The van der Waals surface area contributed by atoms with Gasteiger partial charge in [0.15, 0.2) is 0 Å². The average Bonchev–Trinajstić information content (AvgIpc) is 2.81. The van der Waals surface area contributed by atoms with Gasteiger partial charge in [0.2, 0.25) is 5.91 Å². The van der Waals surface area contributed by atoms with E-state index in [9.17, 15) is 4.79 Å². The summed E-state index contributed by atoms with van der Waals surface area (Å²) in [4.78, 5) is 14.5. The molecule has 4 nitrogen and oxygen atoms in total. The van der Waals surface area contributed by atoms with E-state index in [1.807, 2.05) is 18.7 Å². The second-order valence-corrected chi connectivity index (χ2v) is 6.01. The van der Waals surface area contributed by atoms with E-state index < -0.39 is 0 Å². The van der Waals surface area contributed by atoms with Crippen molar-refractivity contribution in [3.8, 4) is 0 Å². The van der Waals surface area contributed by atoms with Crippen molar-refractivity contribution in [1.29, 1.82) is 0 Å². The molecule has 4 heteroatoms. The Balaban J connectivity index is 2.11. The summed E-state index contributed by atoms with van der Waals surface area (Å²) in [5, 5.41) is 3.50. The first-order valence-electron chi connectivity index (χ1n) is 6.54. The topological polar surface area (TPSA) is 41.6 Å². The highest BCUT2D eigenvalue weighted by atomic mass is 16.5. The molecule has 98 valence electrons. The van der Waals surface area contributed by atoms with Gasteiger partial charge in [-0.05, 0) is 33.6 Å². The predicted octanol–water partition coefficient (Wildman–Crippen LogP) is 1.50. The number of amides is 1. The number of nitrogens with one attached hydrogen (secondary N) is 1. The highest BCUT2D eigenvalue weighted by Gasteiger charge is 2.51. The number of rotatable bonds is 3. The fourth-order valence-corrected chi connectivity index (χ4v) is 3.01. The van der Waals surface area contributed by atoms with Crippen LogP contribution in [0.5, 0.6) is 0 Å². The van der Waals surface area contributed by atoms with Crippen molar-refractivity contribution in [3.05, 3.63) is 0 Å². The summed E-state index contributed by atoms with van der Waals surface area (Å²) in [6.45, 7) is 6.76. The van der Waals surface area contributed by atoms with E-state index >= 15 is 0 Å². The molecule has 1 aliphatic carbocycles. The molecule has 0 bridgehead atoms. The van der Waals surface area contributed by atoms with Crippen molar-refractivity contribution in [1.82, 2.24) is 10.2 Å². The SMILES string of the molecule is COC(C)(C)CN1C(=O)C2(CCCC2)NC1C. The summed E-state index contributed by atoms with van der Waals surface area (Å²) >= 11 is 0. The highest BCUT2D eigenvalue weighted by molar-refractivity contribution is 5.89. The number of hydrogen-bond donors (Lipinski definition) is 1. The number of hydrogen-bond acceptors (Lipinski definition) is 3. The number of ether oxygens (including phenoxy) is 1. The van der Waals surface area contributed by atoms with Crippen LogP contribution in [0, 0.1) is 0 Å². The molecule has 2 rings (SSSR count). The van der Waals surface area contributed by atoms with Crippen LogP contribution in [0.4, 0.5) is 0 Å². The van der Waals surface area contributed by atoms with Gasteiger partial charge in [0.1, 0.15) is 0 Å². The summed E-state index contributed by atoms with van der Waals surface area (Å²) in [5.41, 5.74) is -0.543. The first kappa shape index (κ1) is 12.8. The zero-order valence-corrected chi connectivity index (χ0v) is 11.4. The molecule has 1 amide bonds. The van der Waals surface area contributed by atoms with Gasteiger partial charge in [0.05, 0.1) is 23.9 Å². The van der Waals surface area contributed by atoms with Gasteiger partial charge < -0.3 is 9.64 Å². The van der Waals surface area contributed by atoms with Gasteiger partial charge >= 0.3 is 0 Å². The first-order chi connectivity index (χ1) is 7.90. The molecule has 1 spiro atoms. The summed E-state index contributed by atoms with van der Waals surface area (Å²) in [5.74, 6) is 0.271. The molecule has 1 unspecified atom stereocenters. The van der Waals surface area contributed by atoms with Crippen LogP contribution in [0.1, 0.15) is 46.5 Å². The highest BCUT2D eigenvalue weighted by Crippen LogP contribution is 2.36. The number of methoxy groups -OCH3 is 1. The molecular weight excluding hydrogens is 216 g/mol. The van der Waals surface area contributed by atoms with Gasteiger partial charge in [-0.3, -0.25) is 10.1 Å². The van der Waals surface area contributed by atoms with Gasteiger partial charge in [0.25, 0.3) is 0 Å². The van der Waals surface area contributed by atoms with Gasteiger partial charge in [-0.1, -0.05) is 12.8 Å². The second kappa shape index (κ2) is 4.25. The second-order valence-electron chi connectivity index (χ2n) is 6.01. The Hall–Kier alpha value is -0.610. The van der Waals surface area contributed by atoms with Gasteiger partial charge in [-0.15, -0.1) is 0 Å². The Labute approximate surface area is 104 Å². The average molecular weight is 240 g/mol. The van der Waals surface area contributed by atoms with Crippen LogP contribution in [0.3, 0.4) is 0 Å². The molecule has 0 aromatic heterocycles. The molecule has 2 aliphatic rings. The van der Waals surface area contributed by atoms with Crippen molar-refractivity contribution in [3.63, 3.8) is 0 Å². The quantitative estimate of drug-likeness (QED) is 0.813. The Morgan fingerprint density at radius 3 is 2.59 bits per heavy atom. The lowest BCUT2D eigenvalue weighted by atomic mass is 9.97. The van der Waals surface area contributed by atoms with Crippen molar-refractivity contribution < 1.29 is 9.53 Å². The standard InChI is InChI=1S/C13H24N2O2/c1-10-14-13(7-5-6-8-13)11(16)15(10)9-12(2,3)17-4/h10,14H,5-9H2,1-4H3. The van der Waals surface area contributed by atoms with Gasteiger partial charge in [0, 0.05) is 7.11 Å². The van der Waals surface area contributed by atoms with E-state index in [1.54, 1.807) is 7.11 Å². The molecule has 0 aromatic rings. The lowest BCUT2D eigenvalue weighted by Crippen LogP contribution is -2.46. The zero-order valence-electron chi connectivity index (χ0n) is 11.4. The van der Waals surface area contributed by atoms with Crippen LogP contribution in [-0.4, -0.2) is 41.8 Å². The molecule has 0 radical (unpaired) electrons. The minimum atomic E-state index is -0.282. The molecule has 1 saturated heterocycles. The maximum absolute atomic E-state index is 12.5. The fourth-order valence-electron chi connectivity index (χ4n) is 3.01. The largest absolute Gasteiger partial charge is 0.377 e. The molecule has 1 saturated carbocycles. The minimum Gasteiger partial charge on any atom is -0.377 e. The molecule has 2 fully saturated rings. The van der Waals surface area contributed by atoms with E-state index in [0.717, 1.165) is 25.7 Å². The lowest BCUT2D eigenvalue weighted by Gasteiger charge is -2.31. The van der Waals surface area contributed by atoms with E-state index in [4.69, 9.17) is 4.74 Å². The van der Waals surface area contributed by atoms with Crippen molar-refractivity contribution in [2.45, 2.75) is 63.8 Å². The Morgan fingerprint density at radius 2 is 2.06 bits per heavy atom. The summed E-state index contributed by atoms with van der Waals surface area (Å²) in [7, 11) is 1.70. The third-order valence-corrected chi connectivity index (χ3v) is 4.18. The third-order valence-electron chi connectivity index (χ3n) is 4.18. The number of carbonyl (C=O) groups excluding carboxylic acids is 1. The van der Waals surface area contributed by atoms with Gasteiger partial charge in [-0.25, -0.2) is 0 Å². The van der Waals surface area contributed by atoms with Crippen LogP contribution in [-0.2, 0) is 9.53 Å². The summed E-state index contributed by atoms with van der Waals surface area (Å²) in [6, 6.07) is 0.